The Labute approximate surface area is 112 Å². The van der Waals surface area contributed by atoms with Gasteiger partial charge in [0, 0.05) is 23.3 Å². The molecule has 0 spiro atoms. The van der Waals surface area contributed by atoms with Crippen molar-refractivity contribution in [2.45, 2.75) is 32.6 Å². The zero-order valence-corrected chi connectivity index (χ0v) is 12.1. The first-order chi connectivity index (χ1) is 8.54. The molecule has 0 fully saturated rings. The number of sulfonamides is 1. The second-order valence-corrected chi connectivity index (χ2v) is 6.76. The van der Waals surface area contributed by atoms with E-state index in [2.05, 4.69) is 4.40 Å². The third-order valence-electron chi connectivity index (χ3n) is 2.69. The van der Waals surface area contributed by atoms with E-state index < -0.39 is 14.9 Å². The molecule has 0 aliphatic heterocycles. The molecule has 0 aliphatic carbocycles. The monoisotopic (exact) mass is 284 g/mol. The maximum absolute atomic E-state index is 12.0. The van der Waals surface area contributed by atoms with Crippen LogP contribution in [-0.2, 0) is 10.0 Å². The van der Waals surface area contributed by atoms with Gasteiger partial charge in [-0.1, -0.05) is 20.8 Å². The number of hydrogen-bond donors (Lipinski definition) is 0. The van der Waals surface area contributed by atoms with Gasteiger partial charge in [-0.05, 0) is 19.1 Å². The molecule has 0 N–H and O–H groups in total. The zero-order chi connectivity index (χ0) is 14.8. The van der Waals surface area contributed by atoms with Crippen molar-refractivity contribution in [3.8, 4) is 0 Å². The van der Waals surface area contributed by atoms with E-state index in [-0.39, 0.29) is 16.0 Å². The van der Waals surface area contributed by atoms with E-state index in [9.17, 15) is 18.5 Å². The second kappa shape index (κ2) is 5.08. The topological polar surface area (TPSA) is 89.6 Å². The molecule has 0 saturated heterocycles. The van der Waals surface area contributed by atoms with Crippen LogP contribution in [0.25, 0.3) is 0 Å². The Balaban J connectivity index is 3.18. The van der Waals surface area contributed by atoms with Crippen LogP contribution in [0.4, 0.5) is 5.69 Å². The molecule has 1 rings (SSSR count). The highest BCUT2D eigenvalue weighted by molar-refractivity contribution is 7.90. The Morgan fingerprint density at radius 1 is 1.21 bits per heavy atom. The molecule has 104 valence electrons. The Hall–Kier alpha value is -1.76. The summed E-state index contributed by atoms with van der Waals surface area (Å²) in [4.78, 5) is 9.86. The van der Waals surface area contributed by atoms with Gasteiger partial charge in [-0.2, -0.15) is 12.8 Å². The van der Waals surface area contributed by atoms with Crippen LogP contribution >= 0.6 is 0 Å². The third-order valence-corrected chi connectivity index (χ3v) is 4.07. The van der Waals surface area contributed by atoms with Crippen LogP contribution < -0.4 is 0 Å². The lowest BCUT2D eigenvalue weighted by atomic mass is 9.91. The summed E-state index contributed by atoms with van der Waals surface area (Å²) in [7, 11) is -3.82. The largest absolute Gasteiger partial charge is 0.282 e. The van der Waals surface area contributed by atoms with E-state index >= 15 is 0 Å². The summed E-state index contributed by atoms with van der Waals surface area (Å²) in [6.07, 6.45) is 0. The van der Waals surface area contributed by atoms with Crippen LogP contribution in [0, 0.1) is 15.5 Å². The highest BCUT2D eigenvalue weighted by Gasteiger charge is 2.20. The fraction of sp³-hybridized carbons (Fsp3) is 0.417. The van der Waals surface area contributed by atoms with Gasteiger partial charge >= 0.3 is 0 Å². The average Bonchev–Trinajstić information content (AvgIpc) is 2.27. The summed E-state index contributed by atoms with van der Waals surface area (Å²) in [6, 6.07) is 4.67. The molecule has 0 atom stereocenters. The number of non-ortho nitro benzene ring substituents is 1. The number of nitro groups is 1. The highest BCUT2D eigenvalue weighted by atomic mass is 32.2. The molecule has 0 aromatic heterocycles. The predicted molar refractivity (Wildman–Crippen MR) is 72.8 cm³/mol. The van der Waals surface area contributed by atoms with Gasteiger partial charge in [0.1, 0.15) is 0 Å². The first kappa shape index (κ1) is 15.3. The lowest BCUT2D eigenvalue weighted by Gasteiger charge is -2.17. The van der Waals surface area contributed by atoms with Gasteiger partial charge in [0.25, 0.3) is 15.7 Å². The molecule has 0 saturated carbocycles. The van der Waals surface area contributed by atoms with Crippen molar-refractivity contribution in [1.82, 2.24) is 0 Å². The van der Waals surface area contributed by atoms with Gasteiger partial charge in [0.05, 0.1) is 9.82 Å². The number of hydrogen-bond acceptors (Lipinski definition) is 4. The summed E-state index contributed by atoms with van der Waals surface area (Å²) in [5.41, 5.74) is -0.0327. The molecular weight excluding hydrogens is 268 g/mol. The Morgan fingerprint density at radius 3 is 2.05 bits per heavy atom. The molecule has 6 nitrogen and oxygen atoms in total. The minimum Gasteiger partial charge on any atom is -0.258 e. The molecule has 19 heavy (non-hydrogen) atoms. The van der Waals surface area contributed by atoms with E-state index in [1.54, 1.807) is 6.92 Å². The number of rotatable bonds is 3. The molecule has 0 bridgehead atoms. The fourth-order valence-electron chi connectivity index (χ4n) is 1.11. The van der Waals surface area contributed by atoms with E-state index in [0.717, 1.165) is 12.1 Å². The van der Waals surface area contributed by atoms with Crippen LogP contribution in [0.5, 0.6) is 0 Å². The van der Waals surface area contributed by atoms with Crippen LogP contribution in [0.1, 0.15) is 27.7 Å². The maximum Gasteiger partial charge on any atom is 0.282 e. The van der Waals surface area contributed by atoms with Gasteiger partial charge in [-0.3, -0.25) is 10.1 Å². The van der Waals surface area contributed by atoms with Crippen LogP contribution in [0.2, 0.25) is 0 Å². The highest BCUT2D eigenvalue weighted by Crippen LogP contribution is 2.21. The Morgan fingerprint density at radius 2 is 1.68 bits per heavy atom. The molecule has 1 aromatic carbocycles. The number of benzene rings is 1. The number of nitrogens with zero attached hydrogens (tertiary/aromatic N) is 2. The van der Waals surface area contributed by atoms with Crippen molar-refractivity contribution in [2.24, 2.45) is 9.81 Å². The third kappa shape index (κ3) is 3.85. The first-order valence-corrected chi connectivity index (χ1v) is 7.04. The molecule has 0 amide bonds. The second-order valence-electron chi connectivity index (χ2n) is 5.15. The molecule has 0 heterocycles. The average molecular weight is 284 g/mol. The summed E-state index contributed by atoms with van der Waals surface area (Å²) < 4.78 is 27.8. The van der Waals surface area contributed by atoms with Crippen molar-refractivity contribution in [1.29, 1.82) is 0 Å². The Kier molecular flexibility index (Phi) is 4.09. The quantitative estimate of drug-likeness (QED) is 0.485. The lowest BCUT2D eigenvalue weighted by Crippen LogP contribution is -2.18. The van der Waals surface area contributed by atoms with E-state index in [4.69, 9.17) is 0 Å². The minimum absolute atomic E-state index is 0.0540. The molecule has 0 unspecified atom stereocenters. The maximum atomic E-state index is 12.0. The number of nitro benzene ring substituents is 1. The van der Waals surface area contributed by atoms with Crippen molar-refractivity contribution < 1.29 is 13.3 Å². The van der Waals surface area contributed by atoms with Crippen LogP contribution in [0.15, 0.2) is 33.6 Å². The Bertz CT molecular complexity index is 610. The summed E-state index contributed by atoms with van der Waals surface area (Å²) in [5.74, 6) is 0. The minimum atomic E-state index is -3.82. The van der Waals surface area contributed by atoms with E-state index in [0.29, 0.717) is 5.71 Å². The zero-order valence-electron chi connectivity index (χ0n) is 11.2. The van der Waals surface area contributed by atoms with Crippen molar-refractivity contribution in [2.75, 3.05) is 0 Å². The summed E-state index contributed by atoms with van der Waals surface area (Å²) in [6.45, 7) is 7.22. The van der Waals surface area contributed by atoms with Crippen molar-refractivity contribution in [3.63, 3.8) is 0 Å². The van der Waals surface area contributed by atoms with Crippen molar-refractivity contribution in [3.05, 3.63) is 34.4 Å². The van der Waals surface area contributed by atoms with E-state index in [1.165, 1.54) is 12.1 Å². The predicted octanol–water partition coefficient (Wildman–Crippen LogP) is 2.79. The molecule has 0 radical (unpaired) electrons. The molecule has 1 aromatic rings. The fourth-order valence-corrected chi connectivity index (χ4v) is 2.33. The normalized spacial score (nSPS) is 13.4. The summed E-state index contributed by atoms with van der Waals surface area (Å²) in [5, 5.41) is 10.5. The van der Waals surface area contributed by atoms with Crippen LogP contribution in [0.3, 0.4) is 0 Å². The van der Waals surface area contributed by atoms with Crippen molar-refractivity contribution >= 4 is 21.4 Å². The summed E-state index contributed by atoms with van der Waals surface area (Å²) >= 11 is 0. The lowest BCUT2D eigenvalue weighted by molar-refractivity contribution is -0.384. The molecule has 7 heteroatoms. The first-order valence-electron chi connectivity index (χ1n) is 5.60. The SMILES string of the molecule is C/C(=N\S(=O)(=O)c1ccc([N+](=O)[O-])cc1)C(C)(C)C. The van der Waals surface area contributed by atoms with Gasteiger partial charge in [-0.15, -0.1) is 0 Å². The van der Waals surface area contributed by atoms with E-state index in [1.807, 2.05) is 20.8 Å². The molecular formula is C12H16N2O4S. The van der Waals surface area contributed by atoms with Gasteiger partial charge in [0.15, 0.2) is 0 Å². The standard InChI is InChI=1S/C12H16N2O4S/c1-9(12(2,3)4)13-19(17,18)11-7-5-10(6-8-11)14(15)16/h5-8H,1-4H3/b13-9+. The smallest absolute Gasteiger partial charge is 0.258 e. The molecule has 0 aliphatic rings. The van der Waals surface area contributed by atoms with Gasteiger partial charge in [0.2, 0.25) is 0 Å². The van der Waals surface area contributed by atoms with Gasteiger partial charge < -0.3 is 0 Å². The van der Waals surface area contributed by atoms with Gasteiger partial charge in [-0.25, -0.2) is 0 Å². The van der Waals surface area contributed by atoms with Crippen LogP contribution in [-0.4, -0.2) is 19.1 Å².